The third-order valence-corrected chi connectivity index (χ3v) is 6.97. The SMILES string of the molecule is CCn1ncc2c(NC3CCOCC3)c(-c3nc(CC4CCN(C(=O)OC(C)(C)C)CC4)no3)cnc21. The van der Waals surface area contributed by atoms with Crippen molar-refractivity contribution in [3.63, 3.8) is 0 Å². The molecule has 0 atom stereocenters. The van der Waals surface area contributed by atoms with Crippen molar-refractivity contribution in [2.45, 2.75) is 78.0 Å². The number of hydrogen-bond acceptors (Lipinski definition) is 9. The molecule has 0 aliphatic carbocycles. The molecule has 200 valence electrons. The zero-order valence-electron chi connectivity index (χ0n) is 22.2. The van der Waals surface area contributed by atoms with Crippen molar-refractivity contribution < 1.29 is 18.8 Å². The van der Waals surface area contributed by atoms with Gasteiger partial charge >= 0.3 is 6.09 Å². The maximum absolute atomic E-state index is 12.4. The number of piperidine rings is 1. The average molecular weight is 512 g/mol. The van der Waals surface area contributed by atoms with Crippen LogP contribution in [-0.4, -0.2) is 73.8 Å². The van der Waals surface area contributed by atoms with Crippen molar-refractivity contribution in [3.05, 3.63) is 18.2 Å². The van der Waals surface area contributed by atoms with Crippen LogP contribution in [0.3, 0.4) is 0 Å². The Kier molecular flexibility index (Phi) is 7.32. The summed E-state index contributed by atoms with van der Waals surface area (Å²) in [4.78, 5) is 23.6. The smallest absolute Gasteiger partial charge is 0.410 e. The van der Waals surface area contributed by atoms with Crippen molar-refractivity contribution in [3.8, 4) is 11.5 Å². The third kappa shape index (κ3) is 5.87. The summed E-state index contributed by atoms with van der Waals surface area (Å²) < 4.78 is 18.7. The minimum atomic E-state index is -0.486. The Labute approximate surface area is 216 Å². The van der Waals surface area contributed by atoms with Crippen molar-refractivity contribution in [1.29, 1.82) is 0 Å². The maximum Gasteiger partial charge on any atom is 0.410 e. The van der Waals surface area contributed by atoms with E-state index >= 15 is 0 Å². The Bertz CT molecular complexity index is 1220. The summed E-state index contributed by atoms with van der Waals surface area (Å²) in [5, 5.41) is 13.4. The Balaban J connectivity index is 1.30. The molecule has 0 radical (unpaired) electrons. The van der Waals surface area contributed by atoms with E-state index < -0.39 is 5.60 Å². The lowest BCUT2D eigenvalue weighted by Crippen LogP contribution is -2.42. The highest BCUT2D eigenvalue weighted by Gasteiger charge is 2.28. The lowest BCUT2D eigenvalue weighted by atomic mass is 9.93. The van der Waals surface area contributed by atoms with E-state index in [1.165, 1.54) is 0 Å². The van der Waals surface area contributed by atoms with Crippen molar-refractivity contribution >= 4 is 22.8 Å². The fourth-order valence-electron chi connectivity index (χ4n) is 4.97. The molecule has 5 rings (SSSR count). The van der Waals surface area contributed by atoms with Gasteiger partial charge in [0.15, 0.2) is 11.5 Å². The van der Waals surface area contributed by atoms with Crippen LogP contribution in [0.4, 0.5) is 10.5 Å². The van der Waals surface area contributed by atoms with Crippen LogP contribution in [-0.2, 0) is 22.4 Å². The minimum Gasteiger partial charge on any atom is -0.444 e. The topological polar surface area (TPSA) is 120 Å². The number of pyridine rings is 1. The predicted octanol–water partition coefficient (Wildman–Crippen LogP) is 4.28. The summed E-state index contributed by atoms with van der Waals surface area (Å²) in [7, 11) is 0. The average Bonchev–Trinajstić information content (AvgIpc) is 3.51. The van der Waals surface area contributed by atoms with Gasteiger partial charge in [0.25, 0.3) is 5.89 Å². The van der Waals surface area contributed by atoms with E-state index in [0.717, 1.165) is 67.7 Å². The van der Waals surface area contributed by atoms with Gasteiger partial charge in [0, 0.05) is 51.5 Å². The highest BCUT2D eigenvalue weighted by molar-refractivity contribution is 5.96. The van der Waals surface area contributed by atoms with E-state index in [-0.39, 0.29) is 6.09 Å². The van der Waals surface area contributed by atoms with Gasteiger partial charge in [-0.2, -0.15) is 10.1 Å². The highest BCUT2D eigenvalue weighted by Crippen LogP contribution is 2.34. The molecule has 37 heavy (non-hydrogen) atoms. The van der Waals surface area contributed by atoms with Crippen LogP contribution in [0.2, 0.25) is 0 Å². The van der Waals surface area contributed by atoms with Crippen LogP contribution in [0, 0.1) is 5.92 Å². The molecule has 3 aromatic rings. The predicted molar refractivity (Wildman–Crippen MR) is 138 cm³/mol. The molecule has 0 saturated carbocycles. The van der Waals surface area contributed by atoms with E-state index in [4.69, 9.17) is 19.0 Å². The van der Waals surface area contributed by atoms with Crippen LogP contribution in [0.1, 0.15) is 59.2 Å². The summed E-state index contributed by atoms with van der Waals surface area (Å²) >= 11 is 0. The molecule has 2 fully saturated rings. The summed E-state index contributed by atoms with van der Waals surface area (Å²) in [5.74, 6) is 1.51. The van der Waals surface area contributed by atoms with Gasteiger partial charge < -0.3 is 24.2 Å². The number of aryl methyl sites for hydroxylation is 1. The quantitative estimate of drug-likeness (QED) is 0.517. The number of amides is 1. The fourth-order valence-corrected chi connectivity index (χ4v) is 4.97. The molecular weight excluding hydrogens is 474 g/mol. The van der Waals surface area contributed by atoms with Gasteiger partial charge in [-0.05, 0) is 59.3 Å². The molecule has 1 N–H and O–H groups in total. The molecule has 2 aliphatic heterocycles. The Hall–Kier alpha value is -3.21. The Morgan fingerprint density at radius 3 is 2.62 bits per heavy atom. The van der Waals surface area contributed by atoms with Gasteiger partial charge in [0.1, 0.15) is 5.60 Å². The molecule has 0 spiro atoms. The first kappa shape index (κ1) is 25.4. The number of fused-ring (bicyclic) bond motifs is 1. The van der Waals surface area contributed by atoms with Gasteiger partial charge in [-0.1, -0.05) is 5.16 Å². The number of likely N-dealkylation sites (tertiary alicyclic amines) is 1. The van der Waals surface area contributed by atoms with Crippen LogP contribution < -0.4 is 5.32 Å². The molecule has 11 nitrogen and oxygen atoms in total. The number of rotatable bonds is 6. The Morgan fingerprint density at radius 2 is 1.92 bits per heavy atom. The molecule has 3 aromatic heterocycles. The van der Waals surface area contributed by atoms with Crippen LogP contribution in [0.5, 0.6) is 0 Å². The normalized spacial score (nSPS) is 17.9. The van der Waals surface area contributed by atoms with Crippen molar-refractivity contribution in [2.24, 2.45) is 5.92 Å². The number of nitrogens with one attached hydrogen (secondary N) is 1. The second kappa shape index (κ2) is 10.6. The number of hydrogen-bond donors (Lipinski definition) is 1. The number of carbonyl (C=O) groups excluding carboxylic acids is 1. The zero-order chi connectivity index (χ0) is 26.0. The number of aromatic nitrogens is 5. The van der Waals surface area contributed by atoms with Crippen molar-refractivity contribution in [1.82, 2.24) is 29.8 Å². The molecule has 2 saturated heterocycles. The Morgan fingerprint density at radius 1 is 1.16 bits per heavy atom. The largest absolute Gasteiger partial charge is 0.444 e. The first-order valence-corrected chi connectivity index (χ1v) is 13.3. The van der Waals surface area contributed by atoms with Gasteiger partial charge in [-0.3, -0.25) is 0 Å². The molecule has 11 heteroatoms. The zero-order valence-corrected chi connectivity index (χ0v) is 22.2. The number of carbonyl (C=O) groups is 1. The first-order valence-electron chi connectivity index (χ1n) is 13.3. The fraction of sp³-hybridized carbons (Fsp3) is 0.654. The van der Waals surface area contributed by atoms with E-state index in [1.54, 1.807) is 11.1 Å². The van der Waals surface area contributed by atoms with Crippen molar-refractivity contribution in [2.75, 3.05) is 31.6 Å². The van der Waals surface area contributed by atoms with Crippen LogP contribution >= 0.6 is 0 Å². The monoisotopic (exact) mass is 511 g/mol. The molecule has 5 heterocycles. The standard InChI is InChI=1S/C26H37N7O4/c1-5-33-23-19(16-28-33)22(29-18-8-12-35-13-9-18)20(15-27-23)24-30-21(31-37-24)14-17-6-10-32(11-7-17)25(34)36-26(2,3)4/h15-18H,5-14H2,1-4H3,(H,27,29). The summed E-state index contributed by atoms with van der Waals surface area (Å²) in [6.45, 7) is 11.3. The van der Waals surface area contributed by atoms with Gasteiger partial charge in [0.05, 0.1) is 22.8 Å². The molecule has 0 unspecified atom stereocenters. The summed E-state index contributed by atoms with van der Waals surface area (Å²) in [6, 6.07) is 0.292. The van der Waals surface area contributed by atoms with Gasteiger partial charge in [0.2, 0.25) is 0 Å². The molecule has 0 aromatic carbocycles. The van der Waals surface area contributed by atoms with E-state index in [2.05, 4.69) is 27.5 Å². The number of ether oxygens (including phenoxy) is 2. The molecule has 0 bridgehead atoms. The molecular formula is C26H37N7O4. The highest BCUT2D eigenvalue weighted by atomic mass is 16.6. The van der Waals surface area contributed by atoms with E-state index in [0.29, 0.717) is 43.2 Å². The maximum atomic E-state index is 12.4. The van der Waals surface area contributed by atoms with Gasteiger partial charge in [-0.15, -0.1) is 0 Å². The molecule has 2 aliphatic rings. The van der Waals surface area contributed by atoms with E-state index in [1.807, 2.05) is 31.6 Å². The van der Waals surface area contributed by atoms with Crippen LogP contribution in [0.25, 0.3) is 22.5 Å². The molecule has 1 amide bonds. The van der Waals surface area contributed by atoms with E-state index in [9.17, 15) is 4.79 Å². The van der Waals surface area contributed by atoms with Crippen LogP contribution in [0.15, 0.2) is 16.9 Å². The summed E-state index contributed by atoms with van der Waals surface area (Å²) in [6.07, 6.45) is 7.74. The number of anilines is 1. The second-order valence-electron chi connectivity index (χ2n) is 10.9. The first-order chi connectivity index (χ1) is 17.8. The number of nitrogens with zero attached hydrogens (tertiary/aromatic N) is 6. The lowest BCUT2D eigenvalue weighted by Gasteiger charge is -2.33. The summed E-state index contributed by atoms with van der Waals surface area (Å²) in [5.41, 5.74) is 2.06. The third-order valence-electron chi connectivity index (χ3n) is 6.97. The van der Waals surface area contributed by atoms with Gasteiger partial charge in [-0.25, -0.2) is 14.5 Å². The second-order valence-corrected chi connectivity index (χ2v) is 10.9. The minimum absolute atomic E-state index is 0.244. The lowest BCUT2D eigenvalue weighted by molar-refractivity contribution is 0.0183.